The number of para-hydroxylation sites is 1. The lowest BCUT2D eigenvalue weighted by Gasteiger charge is -2.33. The minimum atomic E-state index is -0.331. The molecule has 1 heterocycles. The highest BCUT2D eigenvalue weighted by Crippen LogP contribution is 2.14. The van der Waals surface area contributed by atoms with E-state index in [1.54, 1.807) is 18.2 Å². The van der Waals surface area contributed by atoms with Crippen molar-refractivity contribution in [3.05, 3.63) is 65.2 Å². The van der Waals surface area contributed by atoms with Gasteiger partial charge in [0.2, 0.25) is 11.8 Å². The summed E-state index contributed by atoms with van der Waals surface area (Å²) in [5.41, 5.74) is 1.48. The van der Waals surface area contributed by atoms with Gasteiger partial charge in [0, 0.05) is 30.3 Å². The lowest BCUT2D eigenvalue weighted by molar-refractivity contribution is -0.139. The molecular formula is C20H21ClN4O3. The van der Waals surface area contributed by atoms with Gasteiger partial charge in [-0.25, -0.2) is 4.79 Å². The minimum absolute atomic E-state index is 0.0442. The Hall–Kier alpha value is -3.06. The Labute approximate surface area is 168 Å². The maximum atomic E-state index is 12.3. The Morgan fingerprint density at radius 1 is 1.00 bits per heavy atom. The van der Waals surface area contributed by atoms with Crippen LogP contribution in [-0.4, -0.2) is 53.8 Å². The molecule has 0 aromatic heterocycles. The third kappa shape index (κ3) is 5.23. The second-order valence-electron chi connectivity index (χ2n) is 6.40. The van der Waals surface area contributed by atoms with Gasteiger partial charge in [0.1, 0.15) is 6.54 Å². The Balaban J connectivity index is 1.46. The third-order valence-electron chi connectivity index (χ3n) is 4.40. The maximum absolute atomic E-state index is 12.3. The van der Waals surface area contributed by atoms with Crippen LogP contribution in [0, 0.1) is 0 Å². The number of hydrogen-bond acceptors (Lipinski definition) is 3. The normalized spacial score (nSPS) is 14.0. The summed E-state index contributed by atoms with van der Waals surface area (Å²) < 4.78 is 0. The molecule has 1 aliphatic heterocycles. The van der Waals surface area contributed by atoms with Gasteiger partial charge in [-0.05, 0) is 23.8 Å². The number of benzene rings is 2. The second kappa shape index (κ2) is 9.23. The van der Waals surface area contributed by atoms with E-state index in [4.69, 9.17) is 11.6 Å². The van der Waals surface area contributed by atoms with Crippen LogP contribution in [-0.2, 0) is 16.1 Å². The summed E-state index contributed by atoms with van der Waals surface area (Å²) in [7, 11) is 0. The van der Waals surface area contributed by atoms with Crippen LogP contribution in [0.2, 0.25) is 5.02 Å². The molecule has 7 nitrogen and oxygen atoms in total. The van der Waals surface area contributed by atoms with Crippen LogP contribution in [0.4, 0.5) is 10.5 Å². The van der Waals surface area contributed by atoms with Crippen LogP contribution in [0.5, 0.6) is 0 Å². The van der Waals surface area contributed by atoms with E-state index >= 15 is 0 Å². The van der Waals surface area contributed by atoms with Gasteiger partial charge < -0.3 is 20.4 Å². The van der Waals surface area contributed by atoms with E-state index in [0.29, 0.717) is 30.3 Å². The summed E-state index contributed by atoms with van der Waals surface area (Å²) in [6, 6.07) is 16.0. The number of hydrogen-bond donors (Lipinski definition) is 2. The van der Waals surface area contributed by atoms with Crippen molar-refractivity contribution < 1.29 is 14.4 Å². The van der Waals surface area contributed by atoms with Crippen molar-refractivity contribution in [3.8, 4) is 0 Å². The topological polar surface area (TPSA) is 81.8 Å². The largest absolute Gasteiger partial charge is 0.350 e. The molecule has 2 aromatic carbocycles. The van der Waals surface area contributed by atoms with Crippen LogP contribution in [0.3, 0.4) is 0 Å². The number of nitrogens with zero attached hydrogens (tertiary/aromatic N) is 2. The lowest BCUT2D eigenvalue weighted by Crippen LogP contribution is -2.55. The Morgan fingerprint density at radius 2 is 1.71 bits per heavy atom. The number of anilines is 1. The highest BCUT2D eigenvalue weighted by atomic mass is 35.5. The van der Waals surface area contributed by atoms with Crippen molar-refractivity contribution >= 4 is 35.1 Å². The molecule has 28 heavy (non-hydrogen) atoms. The number of rotatable bonds is 5. The monoisotopic (exact) mass is 400 g/mol. The third-order valence-corrected chi connectivity index (χ3v) is 4.77. The zero-order chi connectivity index (χ0) is 19.9. The van der Waals surface area contributed by atoms with Gasteiger partial charge in [-0.3, -0.25) is 9.59 Å². The van der Waals surface area contributed by atoms with Gasteiger partial charge in [-0.2, -0.15) is 0 Å². The van der Waals surface area contributed by atoms with E-state index in [0.717, 1.165) is 5.56 Å². The first kappa shape index (κ1) is 19.7. The van der Waals surface area contributed by atoms with Crippen LogP contribution in [0.15, 0.2) is 54.6 Å². The van der Waals surface area contributed by atoms with E-state index in [1.807, 2.05) is 36.4 Å². The Kier molecular flexibility index (Phi) is 6.49. The molecule has 0 aliphatic carbocycles. The summed E-state index contributed by atoms with van der Waals surface area (Å²) in [6.07, 6.45) is 0. The fraction of sp³-hybridized carbons (Fsp3) is 0.250. The summed E-state index contributed by atoms with van der Waals surface area (Å²) in [5, 5.41) is 6.10. The van der Waals surface area contributed by atoms with Gasteiger partial charge in [0.05, 0.1) is 6.54 Å². The van der Waals surface area contributed by atoms with Gasteiger partial charge in [0.25, 0.3) is 0 Å². The van der Waals surface area contributed by atoms with Crippen molar-refractivity contribution in [3.63, 3.8) is 0 Å². The molecule has 0 unspecified atom stereocenters. The highest BCUT2D eigenvalue weighted by Gasteiger charge is 2.28. The highest BCUT2D eigenvalue weighted by molar-refractivity contribution is 6.31. The molecule has 8 heteroatoms. The smallest absolute Gasteiger partial charge is 0.322 e. The number of halogens is 1. The molecular weight excluding hydrogens is 380 g/mol. The van der Waals surface area contributed by atoms with Crippen LogP contribution < -0.4 is 10.6 Å². The maximum Gasteiger partial charge on any atom is 0.322 e. The van der Waals surface area contributed by atoms with Gasteiger partial charge in [-0.15, -0.1) is 0 Å². The number of urea groups is 1. The van der Waals surface area contributed by atoms with Crippen LogP contribution in [0.1, 0.15) is 5.56 Å². The van der Waals surface area contributed by atoms with Gasteiger partial charge >= 0.3 is 6.03 Å². The van der Waals surface area contributed by atoms with E-state index in [1.165, 1.54) is 9.80 Å². The van der Waals surface area contributed by atoms with Crippen molar-refractivity contribution in [2.24, 2.45) is 0 Å². The number of piperazine rings is 1. The number of nitrogens with one attached hydrogen (secondary N) is 2. The molecule has 2 aromatic rings. The first-order valence-electron chi connectivity index (χ1n) is 8.92. The predicted octanol–water partition coefficient (Wildman–Crippen LogP) is 2.33. The van der Waals surface area contributed by atoms with E-state index in [2.05, 4.69) is 10.6 Å². The molecule has 1 aliphatic rings. The SMILES string of the molecule is O=C(CN1CCN(C(=O)Nc2ccccc2)CC1=O)NCc1ccccc1Cl. The first-order valence-corrected chi connectivity index (χ1v) is 9.29. The lowest BCUT2D eigenvalue weighted by atomic mass is 10.2. The van der Waals surface area contributed by atoms with E-state index < -0.39 is 0 Å². The molecule has 3 rings (SSSR count). The number of carbonyl (C=O) groups is 3. The fourth-order valence-corrected chi connectivity index (χ4v) is 3.04. The molecule has 0 saturated carbocycles. The second-order valence-corrected chi connectivity index (χ2v) is 6.81. The summed E-state index contributed by atoms with van der Waals surface area (Å²) in [4.78, 5) is 39.7. The van der Waals surface area contributed by atoms with Crippen molar-refractivity contribution in [1.82, 2.24) is 15.1 Å². The average molecular weight is 401 g/mol. The quantitative estimate of drug-likeness (QED) is 0.808. The molecule has 146 valence electrons. The van der Waals surface area contributed by atoms with Crippen molar-refractivity contribution in [2.45, 2.75) is 6.54 Å². The molecule has 1 saturated heterocycles. The zero-order valence-corrected chi connectivity index (χ0v) is 16.0. The predicted molar refractivity (Wildman–Crippen MR) is 107 cm³/mol. The summed E-state index contributed by atoms with van der Waals surface area (Å²) in [6.45, 7) is 0.864. The molecule has 0 atom stereocenters. The van der Waals surface area contributed by atoms with Crippen LogP contribution >= 0.6 is 11.6 Å². The average Bonchev–Trinajstić information content (AvgIpc) is 2.69. The van der Waals surface area contributed by atoms with Gasteiger partial charge in [0.15, 0.2) is 0 Å². The van der Waals surface area contributed by atoms with Crippen LogP contribution in [0.25, 0.3) is 0 Å². The Morgan fingerprint density at radius 3 is 2.43 bits per heavy atom. The summed E-state index contributed by atoms with van der Waals surface area (Å²) >= 11 is 6.07. The molecule has 1 fully saturated rings. The standard InChI is InChI=1S/C20H21ClN4O3/c21-17-9-5-4-6-15(17)12-22-18(26)13-24-10-11-25(14-19(24)27)20(28)23-16-7-2-1-3-8-16/h1-9H,10-14H2,(H,22,26)(H,23,28). The molecule has 0 bridgehead atoms. The van der Waals surface area contributed by atoms with Crippen molar-refractivity contribution in [1.29, 1.82) is 0 Å². The molecule has 0 spiro atoms. The number of carbonyl (C=O) groups excluding carboxylic acids is 3. The van der Waals surface area contributed by atoms with Gasteiger partial charge in [-0.1, -0.05) is 48.0 Å². The molecule has 0 radical (unpaired) electrons. The van der Waals surface area contributed by atoms with Crippen molar-refractivity contribution in [2.75, 3.05) is 31.5 Å². The number of amides is 4. The first-order chi connectivity index (χ1) is 13.5. The summed E-state index contributed by atoms with van der Waals surface area (Å²) in [5.74, 6) is -0.530. The zero-order valence-electron chi connectivity index (χ0n) is 15.2. The van der Waals surface area contributed by atoms with E-state index in [9.17, 15) is 14.4 Å². The fourth-order valence-electron chi connectivity index (χ4n) is 2.84. The molecule has 4 amide bonds. The van der Waals surface area contributed by atoms with E-state index in [-0.39, 0.29) is 30.9 Å². The molecule has 2 N–H and O–H groups in total. The Bertz CT molecular complexity index is 860. The minimum Gasteiger partial charge on any atom is -0.350 e.